The van der Waals surface area contributed by atoms with Gasteiger partial charge >= 0.3 is 0 Å². The van der Waals surface area contributed by atoms with Crippen LogP contribution in [0.25, 0.3) is 0 Å². The molecule has 4 atom stereocenters. The molecule has 0 saturated heterocycles. The van der Waals surface area contributed by atoms with Gasteiger partial charge in [-0.15, -0.1) is 0 Å². The lowest BCUT2D eigenvalue weighted by atomic mass is 9.83. The van der Waals surface area contributed by atoms with Crippen LogP contribution in [0.1, 0.15) is 17.9 Å². The van der Waals surface area contributed by atoms with Crippen molar-refractivity contribution in [2.75, 3.05) is 0 Å². The molecule has 0 amide bonds. The summed E-state index contributed by atoms with van der Waals surface area (Å²) in [5.74, 6) is 0.583. The van der Waals surface area contributed by atoms with Gasteiger partial charge in [0.1, 0.15) is 0 Å². The minimum Gasteiger partial charge on any atom is -0.264 e. The first-order valence-corrected chi connectivity index (χ1v) is 5.64. The minimum absolute atomic E-state index is 0.0752. The molecular weight excluding hydrogens is 202 g/mol. The van der Waals surface area contributed by atoms with E-state index in [0.29, 0.717) is 5.92 Å². The fourth-order valence-electron chi connectivity index (χ4n) is 3.20. The highest BCUT2D eigenvalue weighted by atomic mass is 16.6. The van der Waals surface area contributed by atoms with Gasteiger partial charge in [-0.25, -0.2) is 0 Å². The summed E-state index contributed by atoms with van der Waals surface area (Å²) < 4.78 is 0. The Balaban J connectivity index is 2.00. The molecule has 0 unspecified atom stereocenters. The van der Waals surface area contributed by atoms with Gasteiger partial charge in [0.2, 0.25) is 6.04 Å². The average molecular weight is 215 g/mol. The lowest BCUT2D eigenvalue weighted by molar-refractivity contribution is -0.530. The van der Waals surface area contributed by atoms with Crippen molar-refractivity contribution in [1.29, 1.82) is 0 Å². The summed E-state index contributed by atoms with van der Waals surface area (Å²) in [6.07, 6.45) is 5.13. The van der Waals surface area contributed by atoms with E-state index in [4.69, 9.17) is 0 Å². The molecule has 82 valence electrons. The van der Waals surface area contributed by atoms with Crippen LogP contribution in [0.4, 0.5) is 0 Å². The predicted molar refractivity (Wildman–Crippen MR) is 60.7 cm³/mol. The van der Waals surface area contributed by atoms with Crippen molar-refractivity contribution in [2.24, 2.45) is 11.8 Å². The summed E-state index contributed by atoms with van der Waals surface area (Å²) in [5.41, 5.74) is 1.11. The highest BCUT2D eigenvalue weighted by Crippen LogP contribution is 2.49. The van der Waals surface area contributed by atoms with Crippen molar-refractivity contribution < 1.29 is 4.92 Å². The maximum Gasteiger partial charge on any atom is 0.226 e. The van der Waals surface area contributed by atoms with E-state index in [1.807, 2.05) is 36.4 Å². The molecule has 3 rings (SSSR count). The van der Waals surface area contributed by atoms with Crippen molar-refractivity contribution >= 4 is 0 Å². The Morgan fingerprint density at radius 1 is 1.12 bits per heavy atom. The first-order chi connectivity index (χ1) is 7.77. The zero-order chi connectivity index (χ0) is 11.1. The molecule has 0 aromatic heterocycles. The lowest BCUT2D eigenvalue weighted by Gasteiger charge is -2.21. The van der Waals surface area contributed by atoms with Crippen LogP contribution in [-0.2, 0) is 0 Å². The molecule has 2 bridgehead atoms. The first-order valence-electron chi connectivity index (χ1n) is 5.64. The number of rotatable bonds is 2. The van der Waals surface area contributed by atoms with Gasteiger partial charge in [-0.2, -0.15) is 0 Å². The van der Waals surface area contributed by atoms with Gasteiger partial charge in [0.15, 0.2) is 0 Å². The van der Waals surface area contributed by atoms with E-state index < -0.39 is 6.04 Å². The van der Waals surface area contributed by atoms with Gasteiger partial charge in [-0.3, -0.25) is 10.1 Å². The topological polar surface area (TPSA) is 43.1 Å². The number of nitrogens with zero attached hydrogens (tertiary/aromatic N) is 1. The monoisotopic (exact) mass is 215 g/mol. The Hall–Kier alpha value is -1.64. The van der Waals surface area contributed by atoms with Crippen molar-refractivity contribution in [3.05, 3.63) is 58.2 Å². The van der Waals surface area contributed by atoms with Crippen molar-refractivity contribution in [3.8, 4) is 0 Å². The van der Waals surface area contributed by atoms with E-state index in [2.05, 4.69) is 6.08 Å². The first kappa shape index (κ1) is 9.58. The van der Waals surface area contributed by atoms with Crippen LogP contribution < -0.4 is 0 Å². The molecule has 1 aromatic carbocycles. The number of benzene rings is 1. The third kappa shape index (κ3) is 1.28. The smallest absolute Gasteiger partial charge is 0.226 e. The number of fused-ring (bicyclic) bond motifs is 2. The molecule has 0 radical (unpaired) electrons. The third-order valence-corrected chi connectivity index (χ3v) is 3.85. The van der Waals surface area contributed by atoms with E-state index in [9.17, 15) is 10.1 Å². The molecule has 1 aromatic rings. The van der Waals surface area contributed by atoms with Gasteiger partial charge < -0.3 is 0 Å². The summed E-state index contributed by atoms with van der Waals surface area (Å²) in [6.45, 7) is 0. The second-order valence-corrected chi connectivity index (χ2v) is 4.66. The summed E-state index contributed by atoms with van der Waals surface area (Å²) in [5, 5.41) is 11.1. The third-order valence-electron chi connectivity index (χ3n) is 3.85. The predicted octanol–water partition coefficient (Wildman–Crippen LogP) is 2.62. The quantitative estimate of drug-likeness (QED) is 0.432. The molecule has 0 N–H and O–H groups in total. The lowest BCUT2D eigenvalue weighted by Crippen LogP contribution is -2.31. The van der Waals surface area contributed by atoms with E-state index in [1.54, 1.807) is 0 Å². The summed E-state index contributed by atoms with van der Waals surface area (Å²) in [7, 11) is 0. The van der Waals surface area contributed by atoms with E-state index in [-0.39, 0.29) is 16.8 Å². The molecule has 3 heteroatoms. The normalized spacial score (nSPS) is 35.5. The molecule has 0 heterocycles. The maximum atomic E-state index is 11.1. The molecule has 0 aliphatic heterocycles. The van der Waals surface area contributed by atoms with Crippen LogP contribution in [0, 0.1) is 22.0 Å². The number of nitro groups is 1. The zero-order valence-corrected chi connectivity index (χ0v) is 8.82. The van der Waals surface area contributed by atoms with E-state index in [1.165, 1.54) is 0 Å². The van der Waals surface area contributed by atoms with Gasteiger partial charge in [0, 0.05) is 10.8 Å². The number of allylic oxidation sites excluding steroid dienone is 1. The van der Waals surface area contributed by atoms with Gasteiger partial charge in [0.05, 0.1) is 5.92 Å². The Bertz CT molecular complexity index is 441. The molecule has 16 heavy (non-hydrogen) atoms. The van der Waals surface area contributed by atoms with Crippen molar-refractivity contribution in [2.45, 2.75) is 18.4 Å². The molecule has 1 saturated carbocycles. The highest BCUT2D eigenvalue weighted by molar-refractivity contribution is 5.29. The number of hydrogen-bond acceptors (Lipinski definition) is 2. The molecule has 2 aliphatic rings. The Morgan fingerprint density at radius 2 is 1.81 bits per heavy atom. The fraction of sp³-hybridized carbons (Fsp3) is 0.385. The van der Waals surface area contributed by atoms with Crippen LogP contribution in [0.15, 0.2) is 42.5 Å². The second kappa shape index (κ2) is 3.44. The van der Waals surface area contributed by atoms with Gasteiger partial charge in [-0.1, -0.05) is 42.5 Å². The second-order valence-electron chi connectivity index (χ2n) is 4.66. The zero-order valence-electron chi connectivity index (χ0n) is 8.82. The molecule has 1 fully saturated rings. The van der Waals surface area contributed by atoms with Gasteiger partial charge in [-0.05, 0) is 17.9 Å². The van der Waals surface area contributed by atoms with E-state index >= 15 is 0 Å². The van der Waals surface area contributed by atoms with Crippen LogP contribution in [0.3, 0.4) is 0 Å². The summed E-state index contributed by atoms with van der Waals surface area (Å²) >= 11 is 0. The SMILES string of the molecule is O=[N+]([O-])[C@@H]1[C@@H](c2ccccc2)[C@@H]2C=C[C@H]1C2. The summed E-state index contributed by atoms with van der Waals surface area (Å²) in [6, 6.07) is 9.47. The molecular formula is C13H13NO2. The van der Waals surface area contributed by atoms with Crippen LogP contribution >= 0.6 is 0 Å². The maximum absolute atomic E-state index is 11.1. The average Bonchev–Trinajstić information content (AvgIpc) is 2.89. The Kier molecular flexibility index (Phi) is 2.06. The molecule has 2 aliphatic carbocycles. The van der Waals surface area contributed by atoms with E-state index in [0.717, 1.165) is 12.0 Å². The number of hydrogen-bond donors (Lipinski definition) is 0. The van der Waals surface area contributed by atoms with Crippen LogP contribution in [0.5, 0.6) is 0 Å². The Labute approximate surface area is 93.9 Å². The fourth-order valence-corrected chi connectivity index (χ4v) is 3.20. The summed E-state index contributed by atoms with van der Waals surface area (Å²) in [4.78, 5) is 11.1. The standard InChI is InChI=1S/C13H13NO2/c15-14(16)13-11-7-6-10(8-11)12(13)9-4-2-1-3-5-9/h1-7,10-13H,8H2/t10-,11+,12+,13+/m1/s1. The largest absolute Gasteiger partial charge is 0.264 e. The molecule has 3 nitrogen and oxygen atoms in total. The molecule has 0 spiro atoms. The Morgan fingerprint density at radius 3 is 2.50 bits per heavy atom. The highest BCUT2D eigenvalue weighted by Gasteiger charge is 2.52. The van der Waals surface area contributed by atoms with Crippen molar-refractivity contribution in [1.82, 2.24) is 0 Å². The minimum atomic E-state index is -0.419. The van der Waals surface area contributed by atoms with Crippen LogP contribution in [0.2, 0.25) is 0 Å². The van der Waals surface area contributed by atoms with Crippen LogP contribution in [-0.4, -0.2) is 11.0 Å². The van der Waals surface area contributed by atoms with Crippen molar-refractivity contribution in [3.63, 3.8) is 0 Å². The van der Waals surface area contributed by atoms with Gasteiger partial charge in [0.25, 0.3) is 0 Å².